The van der Waals surface area contributed by atoms with E-state index in [-0.39, 0.29) is 42.9 Å². The zero-order valence-electron chi connectivity index (χ0n) is 11.9. The highest BCUT2D eigenvalue weighted by Gasteiger charge is 2.26. The molecule has 1 aromatic rings. The molecular weight excluding hydrogens is 315 g/mol. The van der Waals surface area contributed by atoms with Gasteiger partial charge in [0, 0.05) is 12.6 Å². The predicted octanol–water partition coefficient (Wildman–Crippen LogP) is 1.84. The van der Waals surface area contributed by atoms with Crippen molar-refractivity contribution in [3.05, 3.63) is 35.9 Å². The number of halogens is 2. The fourth-order valence-electron chi connectivity index (χ4n) is 2.12. The van der Waals surface area contributed by atoms with E-state index in [4.69, 9.17) is 9.57 Å². The first-order valence-electron chi connectivity index (χ1n) is 6.52. The molecule has 120 valence electrons. The molecule has 2 atom stereocenters. The third-order valence-corrected chi connectivity index (χ3v) is 3.23. The third kappa shape index (κ3) is 6.63. The fourth-order valence-corrected chi connectivity index (χ4v) is 2.12. The Hall–Kier alpha value is -0.850. The molecule has 2 N–H and O–H groups in total. The molecule has 5 nitrogen and oxygen atoms in total. The first kappa shape index (κ1) is 20.1. The van der Waals surface area contributed by atoms with Crippen molar-refractivity contribution in [2.45, 2.75) is 31.5 Å². The van der Waals surface area contributed by atoms with E-state index in [1.165, 1.54) is 7.11 Å². The summed E-state index contributed by atoms with van der Waals surface area (Å²) in [4.78, 5) is 16.8. The number of methoxy groups -OCH3 is 1. The summed E-state index contributed by atoms with van der Waals surface area (Å²) in [5.41, 5.74) is 4.16. The largest absolute Gasteiger partial charge is 0.468 e. The number of hydroxylamine groups is 1. The lowest BCUT2D eigenvalue weighted by molar-refractivity contribution is -0.144. The predicted molar refractivity (Wildman–Crippen MR) is 85.7 cm³/mol. The molecule has 0 aliphatic carbocycles. The Bertz CT molecular complexity index is 398. The lowest BCUT2D eigenvalue weighted by Crippen LogP contribution is -2.50. The van der Waals surface area contributed by atoms with Gasteiger partial charge in [-0.2, -0.15) is 5.48 Å². The van der Waals surface area contributed by atoms with Gasteiger partial charge in [-0.3, -0.25) is 9.63 Å². The van der Waals surface area contributed by atoms with Gasteiger partial charge in [0.2, 0.25) is 0 Å². The molecule has 0 aromatic heterocycles. The highest BCUT2D eigenvalue weighted by Crippen LogP contribution is 2.10. The van der Waals surface area contributed by atoms with Crippen LogP contribution in [0.4, 0.5) is 0 Å². The smallest absolute Gasteiger partial charge is 0.322 e. The highest BCUT2D eigenvalue weighted by atomic mass is 35.5. The lowest BCUT2D eigenvalue weighted by Gasteiger charge is -2.28. The average Bonchev–Trinajstić information content (AvgIpc) is 2.48. The second-order valence-electron chi connectivity index (χ2n) is 4.65. The lowest BCUT2D eigenvalue weighted by atomic mass is 10.0. The zero-order valence-corrected chi connectivity index (χ0v) is 13.5. The minimum absolute atomic E-state index is 0. The van der Waals surface area contributed by atoms with Crippen LogP contribution in [0, 0.1) is 0 Å². The van der Waals surface area contributed by atoms with E-state index in [1.807, 2.05) is 30.3 Å². The minimum atomic E-state index is -0.191. The number of benzene rings is 1. The Morgan fingerprint density at radius 3 is 2.57 bits per heavy atom. The van der Waals surface area contributed by atoms with Crippen LogP contribution < -0.4 is 10.8 Å². The number of carbonyl (C=O) groups excluding carboxylic acids is 1. The normalized spacial score (nSPS) is 20.8. The average molecular weight is 337 g/mol. The molecular formula is C14H22Cl2N2O3. The van der Waals surface area contributed by atoms with Crippen molar-refractivity contribution in [1.82, 2.24) is 10.8 Å². The van der Waals surface area contributed by atoms with Gasteiger partial charge in [-0.05, 0) is 18.4 Å². The Kier molecular flexibility index (Phi) is 10.4. The summed E-state index contributed by atoms with van der Waals surface area (Å²) in [5, 5.41) is 3.15. The van der Waals surface area contributed by atoms with Gasteiger partial charge in [0.25, 0.3) is 0 Å². The van der Waals surface area contributed by atoms with Gasteiger partial charge >= 0.3 is 5.97 Å². The van der Waals surface area contributed by atoms with Crippen LogP contribution >= 0.6 is 24.8 Å². The molecule has 1 heterocycles. The number of ether oxygens (including phenoxy) is 1. The minimum Gasteiger partial charge on any atom is -0.468 e. The van der Waals surface area contributed by atoms with Crippen LogP contribution in [0.2, 0.25) is 0 Å². The highest BCUT2D eigenvalue weighted by molar-refractivity contribution is 5.85. The first-order chi connectivity index (χ1) is 9.29. The van der Waals surface area contributed by atoms with Crippen LogP contribution in [0.1, 0.15) is 18.4 Å². The summed E-state index contributed by atoms with van der Waals surface area (Å²) in [7, 11) is 1.41. The Balaban J connectivity index is 0.00000200. The maximum atomic E-state index is 11.3. The topological polar surface area (TPSA) is 59.6 Å². The molecule has 0 saturated carbocycles. The number of hydrogen-bond acceptors (Lipinski definition) is 5. The molecule has 1 aliphatic rings. The van der Waals surface area contributed by atoms with Crippen LogP contribution in [0.5, 0.6) is 0 Å². The quantitative estimate of drug-likeness (QED) is 0.634. The van der Waals surface area contributed by atoms with Crippen LogP contribution in [0.15, 0.2) is 30.3 Å². The maximum absolute atomic E-state index is 11.3. The molecule has 1 aromatic carbocycles. The van der Waals surface area contributed by atoms with Crippen LogP contribution in [-0.4, -0.2) is 31.7 Å². The number of carbonyl (C=O) groups is 1. The van der Waals surface area contributed by atoms with E-state index >= 15 is 0 Å². The Morgan fingerprint density at radius 2 is 2.00 bits per heavy atom. The van der Waals surface area contributed by atoms with Gasteiger partial charge < -0.3 is 10.1 Å². The molecule has 1 aliphatic heterocycles. The molecule has 0 amide bonds. The van der Waals surface area contributed by atoms with Gasteiger partial charge in [-0.15, -0.1) is 24.8 Å². The maximum Gasteiger partial charge on any atom is 0.322 e. The number of esters is 1. The Morgan fingerprint density at radius 1 is 1.29 bits per heavy atom. The molecule has 7 heteroatoms. The molecule has 0 bridgehead atoms. The van der Waals surface area contributed by atoms with Gasteiger partial charge in [0.15, 0.2) is 0 Å². The van der Waals surface area contributed by atoms with Gasteiger partial charge in [-0.1, -0.05) is 30.3 Å². The summed E-state index contributed by atoms with van der Waals surface area (Å²) in [6, 6.07) is 10.0. The second kappa shape index (κ2) is 10.8. The molecule has 1 fully saturated rings. The number of hydrogen-bond donors (Lipinski definition) is 2. The molecule has 2 rings (SSSR count). The van der Waals surface area contributed by atoms with E-state index in [2.05, 4.69) is 10.8 Å². The summed E-state index contributed by atoms with van der Waals surface area (Å²) in [6.07, 6.45) is 1.65. The summed E-state index contributed by atoms with van der Waals surface area (Å²) < 4.78 is 4.71. The monoisotopic (exact) mass is 336 g/mol. The SMILES string of the molecule is COC(=O)[C@@H]1CC[C@@H](NOCc2ccccc2)CN1.Cl.Cl. The van der Waals surface area contributed by atoms with E-state index in [1.54, 1.807) is 0 Å². The second-order valence-corrected chi connectivity index (χ2v) is 4.65. The summed E-state index contributed by atoms with van der Waals surface area (Å²) >= 11 is 0. The van der Waals surface area contributed by atoms with Gasteiger partial charge in [0.1, 0.15) is 6.04 Å². The van der Waals surface area contributed by atoms with Crippen molar-refractivity contribution in [1.29, 1.82) is 0 Å². The van der Waals surface area contributed by atoms with E-state index in [0.29, 0.717) is 13.2 Å². The Labute approximate surface area is 137 Å². The molecule has 1 saturated heterocycles. The van der Waals surface area contributed by atoms with Gasteiger partial charge in [-0.25, -0.2) is 0 Å². The van der Waals surface area contributed by atoms with Gasteiger partial charge in [0.05, 0.1) is 13.7 Å². The van der Waals surface area contributed by atoms with Crippen molar-refractivity contribution < 1.29 is 14.4 Å². The number of rotatable bonds is 5. The third-order valence-electron chi connectivity index (χ3n) is 3.23. The summed E-state index contributed by atoms with van der Waals surface area (Å²) in [6.45, 7) is 1.24. The standard InChI is InChI=1S/C14H20N2O3.2ClH/c1-18-14(17)13-8-7-12(9-15-13)16-19-10-11-5-3-2-4-6-11;;/h2-6,12-13,15-16H,7-10H2,1H3;2*1H/t12-,13+;;/m1../s1. The fraction of sp³-hybridized carbons (Fsp3) is 0.500. The van der Waals surface area contributed by atoms with Crippen molar-refractivity contribution in [2.75, 3.05) is 13.7 Å². The number of nitrogens with one attached hydrogen (secondary N) is 2. The first-order valence-corrected chi connectivity index (χ1v) is 6.52. The molecule has 0 radical (unpaired) electrons. The van der Waals surface area contributed by atoms with Crippen molar-refractivity contribution in [2.24, 2.45) is 0 Å². The van der Waals surface area contributed by atoms with Crippen molar-refractivity contribution in [3.8, 4) is 0 Å². The number of piperidine rings is 1. The molecule has 0 spiro atoms. The van der Waals surface area contributed by atoms with Crippen LogP contribution in [0.3, 0.4) is 0 Å². The van der Waals surface area contributed by atoms with Crippen LogP contribution in [-0.2, 0) is 21.0 Å². The van der Waals surface area contributed by atoms with E-state index in [0.717, 1.165) is 18.4 Å². The van der Waals surface area contributed by atoms with Crippen molar-refractivity contribution >= 4 is 30.8 Å². The molecule has 21 heavy (non-hydrogen) atoms. The van der Waals surface area contributed by atoms with E-state index < -0.39 is 0 Å². The van der Waals surface area contributed by atoms with Crippen molar-refractivity contribution in [3.63, 3.8) is 0 Å². The zero-order chi connectivity index (χ0) is 13.5. The van der Waals surface area contributed by atoms with E-state index in [9.17, 15) is 4.79 Å². The summed E-state index contributed by atoms with van der Waals surface area (Å²) in [5.74, 6) is -0.191. The molecule has 0 unspecified atom stereocenters. The van der Waals surface area contributed by atoms with Crippen LogP contribution in [0.25, 0.3) is 0 Å².